The van der Waals surface area contributed by atoms with Crippen LogP contribution in [0.2, 0.25) is 5.02 Å². The van der Waals surface area contributed by atoms with Gasteiger partial charge in [0.15, 0.2) is 0 Å². The van der Waals surface area contributed by atoms with Gasteiger partial charge in [-0.3, -0.25) is 9.59 Å². The second-order valence-electron chi connectivity index (χ2n) is 9.59. The Morgan fingerprint density at radius 3 is 2.68 bits per heavy atom. The summed E-state index contributed by atoms with van der Waals surface area (Å²) in [7, 11) is 0. The molecule has 174 valence electrons. The van der Waals surface area contributed by atoms with Crippen LogP contribution < -0.4 is 4.90 Å². The maximum Gasteiger partial charge on any atom is 0.241 e. The van der Waals surface area contributed by atoms with E-state index in [1.165, 1.54) is 0 Å². The van der Waals surface area contributed by atoms with Crippen molar-refractivity contribution in [3.63, 3.8) is 0 Å². The number of nitriles is 1. The third kappa shape index (κ3) is 3.47. The minimum atomic E-state index is -0.665. The number of amides is 2. The number of hydrogen-bond acceptors (Lipinski definition) is 3. The molecule has 2 amide bonds. The zero-order chi connectivity index (χ0) is 24.0. The van der Waals surface area contributed by atoms with E-state index in [1.807, 2.05) is 61.2 Å². The van der Waals surface area contributed by atoms with Crippen LogP contribution in [0.1, 0.15) is 37.9 Å². The third-order valence-electron chi connectivity index (χ3n) is 7.03. The number of aryl methyl sites for hydroxylation is 1. The van der Waals surface area contributed by atoms with Gasteiger partial charge >= 0.3 is 0 Å². The highest BCUT2D eigenvalue weighted by Crippen LogP contribution is 2.48. The maximum atomic E-state index is 13.9. The van der Waals surface area contributed by atoms with Crippen molar-refractivity contribution in [1.29, 1.82) is 5.26 Å². The van der Waals surface area contributed by atoms with Crippen molar-refractivity contribution in [2.24, 2.45) is 5.92 Å². The predicted octanol–water partition coefficient (Wildman–Crippen LogP) is 4.88. The van der Waals surface area contributed by atoms with E-state index in [-0.39, 0.29) is 17.7 Å². The minimum absolute atomic E-state index is 0.0494. The number of nitrogens with zero attached hydrogens (tertiary/aromatic N) is 4. The number of likely N-dealkylation sites (tertiary alicyclic amines) is 1. The van der Waals surface area contributed by atoms with Crippen LogP contribution in [0.15, 0.2) is 48.5 Å². The van der Waals surface area contributed by atoms with Crippen molar-refractivity contribution in [3.8, 4) is 6.07 Å². The van der Waals surface area contributed by atoms with Gasteiger partial charge in [-0.15, -0.1) is 0 Å². The van der Waals surface area contributed by atoms with Crippen molar-refractivity contribution in [2.45, 2.75) is 45.2 Å². The Bertz CT molecular complexity index is 1330. The Morgan fingerprint density at radius 2 is 1.94 bits per heavy atom. The molecule has 2 aromatic carbocycles. The number of benzene rings is 2. The number of aromatic nitrogens is 1. The van der Waals surface area contributed by atoms with E-state index in [1.54, 1.807) is 4.90 Å². The number of rotatable bonds is 6. The number of hydrogen-bond donors (Lipinski definition) is 0. The van der Waals surface area contributed by atoms with Crippen LogP contribution in [0.3, 0.4) is 0 Å². The Labute approximate surface area is 204 Å². The predicted molar refractivity (Wildman–Crippen MR) is 133 cm³/mol. The molecule has 0 aliphatic carbocycles. The number of para-hydroxylation sites is 1. The summed E-state index contributed by atoms with van der Waals surface area (Å²) >= 11 is 6.24. The molecule has 1 spiro atoms. The lowest BCUT2D eigenvalue weighted by atomic mass is 9.74. The highest BCUT2D eigenvalue weighted by molar-refractivity contribution is 6.31. The molecule has 0 radical (unpaired) electrons. The van der Waals surface area contributed by atoms with Gasteiger partial charge in [-0.25, -0.2) is 0 Å². The highest BCUT2D eigenvalue weighted by atomic mass is 35.5. The molecule has 1 fully saturated rings. The van der Waals surface area contributed by atoms with E-state index in [2.05, 4.69) is 16.7 Å². The molecule has 0 saturated carbocycles. The molecule has 34 heavy (non-hydrogen) atoms. The molecule has 5 rings (SSSR count). The second-order valence-corrected chi connectivity index (χ2v) is 10.0. The van der Waals surface area contributed by atoms with Crippen LogP contribution in [0.4, 0.5) is 5.69 Å². The van der Waals surface area contributed by atoms with E-state index in [0.29, 0.717) is 37.6 Å². The lowest BCUT2D eigenvalue weighted by molar-refractivity contribution is -0.146. The molecule has 3 heterocycles. The third-order valence-corrected chi connectivity index (χ3v) is 7.27. The summed E-state index contributed by atoms with van der Waals surface area (Å²) in [6, 6.07) is 18.0. The van der Waals surface area contributed by atoms with Crippen molar-refractivity contribution in [2.75, 3.05) is 18.0 Å². The standard InChI is InChI=1S/C27H27ClN4O2/c1-18(2)25(33)30-16-27(17-30)22-7-3-4-8-24(22)32(26(27)34)15-21-14-19-13-20(28)9-10-23(19)31(21)12-6-5-11-29/h3-4,7-10,13-14,18H,5-6,12,15-17H2,1-2H3. The summed E-state index contributed by atoms with van der Waals surface area (Å²) in [5.41, 5.74) is 3.30. The monoisotopic (exact) mass is 474 g/mol. The first kappa shape index (κ1) is 22.5. The van der Waals surface area contributed by atoms with Crippen molar-refractivity contribution >= 4 is 40.0 Å². The van der Waals surface area contributed by atoms with Gasteiger partial charge in [-0.05, 0) is 42.3 Å². The number of halogens is 1. The Hall–Kier alpha value is -3.30. The fourth-order valence-corrected chi connectivity index (χ4v) is 5.54. The van der Waals surface area contributed by atoms with Gasteiger partial charge in [-0.2, -0.15) is 5.26 Å². The zero-order valence-corrected chi connectivity index (χ0v) is 20.2. The molecular formula is C27H27ClN4O2. The Morgan fingerprint density at radius 1 is 1.18 bits per heavy atom. The van der Waals surface area contributed by atoms with Gasteiger partial charge in [0.25, 0.3) is 0 Å². The van der Waals surface area contributed by atoms with Crippen LogP contribution in [-0.4, -0.2) is 34.4 Å². The first-order chi connectivity index (χ1) is 16.4. The summed E-state index contributed by atoms with van der Waals surface area (Å²) in [6.07, 6.45) is 1.21. The Kier molecular flexibility index (Phi) is 5.61. The molecular weight excluding hydrogens is 448 g/mol. The van der Waals surface area contributed by atoms with Crippen LogP contribution in [0.25, 0.3) is 10.9 Å². The molecule has 2 aliphatic heterocycles. The summed E-state index contributed by atoms with van der Waals surface area (Å²) in [4.78, 5) is 30.0. The first-order valence-electron chi connectivity index (χ1n) is 11.7. The molecule has 1 aromatic heterocycles. The topological polar surface area (TPSA) is 69.3 Å². The fourth-order valence-electron chi connectivity index (χ4n) is 5.36. The normalized spacial score (nSPS) is 16.3. The molecule has 2 aliphatic rings. The lowest BCUT2D eigenvalue weighted by Gasteiger charge is -2.47. The second kappa shape index (κ2) is 8.48. The summed E-state index contributed by atoms with van der Waals surface area (Å²) in [5.74, 6) is 0.0494. The molecule has 3 aromatic rings. The minimum Gasteiger partial charge on any atom is -0.343 e. The lowest BCUT2D eigenvalue weighted by Crippen LogP contribution is -2.65. The summed E-state index contributed by atoms with van der Waals surface area (Å²) in [5, 5.41) is 10.7. The van der Waals surface area contributed by atoms with Gasteiger partial charge in [0.1, 0.15) is 5.41 Å². The van der Waals surface area contributed by atoms with Gasteiger partial charge in [0.2, 0.25) is 11.8 Å². The molecule has 0 bridgehead atoms. The summed E-state index contributed by atoms with van der Waals surface area (Å²) in [6.45, 7) is 5.76. The van der Waals surface area contributed by atoms with Crippen LogP contribution in [-0.2, 0) is 28.1 Å². The molecule has 7 heteroatoms. The van der Waals surface area contributed by atoms with E-state index in [9.17, 15) is 9.59 Å². The number of unbranched alkanes of at least 4 members (excludes halogenated alkanes) is 1. The van der Waals surface area contributed by atoms with Crippen molar-refractivity contribution in [3.05, 3.63) is 64.8 Å². The molecule has 6 nitrogen and oxygen atoms in total. The van der Waals surface area contributed by atoms with E-state index in [0.717, 1.165) is 34.3 Å². The van der Waals surface area contributed by atoms with Crippen LogP contribution >= 0.6 is 11.6 Å². The molecule has 0 atom stereocenters. The number of carbonyl (C=O) groups excluding carboxylic acids is 2. The summed E-state index contributed by atoms with van der Waals surface area (Å²) < 4.78 is 2.19. The number of carbonyl (C=O) groups is 2. The fraction of sp³-hybridized carbons (Fsp3) is 0.370. The van der Waals surface area contributed by atoms with E-state index >= 15 is 0 Å². The van der Waals surface area contributed by atoms with Crippen molar-refractivity contribution in [1.82, 2.24) is 9.47 Å². The number of anilines is 1. The highest BCUT2D eigenvalue weighted by Gasteiger charge is 2.59. The van der Waals surface area contributed by atoms with Gasteiger partial charge in [-0.1, -0.05) is 43.6 Å². The van der Waals surface area contributed by atoms with Crippen LogP contribution in [0.5, 0.6) is 0 Å². The SMILES string of the molecule is CC(C)C(=O)N1CC2(C1)C(=O)N(Cc1cc3cc(Cl)ccc3n1CCCC#N)c1ccccc12. The average Bonchev–Trinajstić information content (AvgIpc) is 3.25. The molecule has 1 saturated heterocycles. The largest absolute Gasteiger partial charge is 0.343 e. The zero-order valence-electron chi connectivity index (χ0n) is 19.4. The first-order valence-corrected chi connectivity index (χ1v) is 12.1. The van der Waals surface area contributed by atoms with Gasteiger partial charge in [0.05, 0.1) is 12.6 Å². The molecule has 0 N–H and O–H groups in total. The Balaban J connectivity index is 1.50. The van der Waals surface area contributed by atoms with Crippen molar-refractivity contribution < 1.29 is 9.59 Å². The average molecular weight is 475 g/mol. The quantitative estimate of drug-likeness (QED) is 0.478. The van der Waals surface area contributed by atoms with E-state index in [4.69, 9.17) is 16.9 Å². The maximum absolute atomic E-state index is 13.9. The van der Waals surface area contributed by atoms with Gasteiger partial charge in [0, 0.05) is 59.3 Å². The molecule has 0 unspecified atom stereocenters. The smallest absolute Gasteiger partial charge is 0.241 e. The van der Waals surface area contributed by atoms with E-state index < -0.39 is 5.41 Å². The van der Waals surface area contributed by atoms with Gasteiger partial charge < -0.3 is 14.4 Å². The van der Waals surface area contributed by atoms with Crippen LogP contribution in [0, 0.1) is 17.2 Å². The number of fused-ring (bicyclic) bond motifs is 3.